The van der Waals surface area contributed by atoms with Crippen molar-refractivity contribution in [3.63, 3.8) is 0 Å². The zero-order valence-electron chi connectivity index (χ0n) is 30.4. The van der Waals surface area contributed by atoms with Crippen LogP contribution in [-0.4, -0.2) is 71.8 Å². The Morgan fingerprint density at radius 1 is 0.784 bits per heavy atom. The molecule has 6 rings (SSSR count). The summed E-state index contributed by atoms with van der Waals surface area (Å²) >= 11 is 1.56. The van der Waals surface area contributed by atoms with Gasteiger partial charge in [0.1, 0.15) is 12.1 Å². The van der Waals surface area contributed by atoms with Crippen molar-refractivity contribution in [2.75, 3.05) is 18.6 Å². The van der Waals surface area contributed by atoms with Gasteiger partial charge in [0.05, 0.1) is 12.6 Å². The molecule has 0 radical (unpaired) electrons. The fourth-order valence-corrected chi connectivity index (χ4v) is 8.76. The number of nitrogens with two attached hydrogens (primary N) is 1. The van der Waals surface area contributed by atoms with Crippen LogP contribution in [0, 0.1) is 23.7 Å². The number of rotatable bonds is 15. The van der Waals surface area contributed by atoms with Gasteiger partial charge in [-0.05, 0) is 103 Å². The fourth-order valence-electron chi connectivity index (χ4n) is 8.29. The number of halogens is 1. The number of carbonyl (C=O) groups excluding carboxylic acids is 4. The van der Waals surface area contributed by atoms with Crippen LogP contribution in [0.2, 0.25) is 0 Å². The summed E-state index contributed by atoms with van der Waals surface area (Å²) in [7, 11) is 0. The minimum Gasteiger partial charge on any atom is -0.412 e. The molecule has 4 saturated carbocycles. The number of amides is 4. The van der Waals surface area contributed by atoms with Crippen molar-refractivity contribution in [3.05, 3.63) is 71.3 Å². The Balaban J connectivity index is 0.00000351. The summed E-state index contributed by atoms with van der Waals surface area (Å²) in [6, 6.07) is 15.4. The standard InChI is InChI=1S/C39H55N5O4S.ClH.H2O/c1-39(2,3)30-12-10-25(11-13-30)21-31(40)36(46)43-32(14-15-49-4)37(47)41-23-34(45)42-33(22-24-8-6-5-7-9-24)38(48)44-35-28-17-26-16-27(19-28)20-29(35)18-26;;/h5-13,26-29,31-33,35H,14-23,40H2,1-4H3,(H,41,47)(H,42,45)(H,43,46)(H,44,48);1H;1H2/t26?,27?,28?,29?,31-,32+,33-,35?;;/m0../s1. The van der Waals surface area contributed by atoms with E-state index in [0.29, 0.717) is 36.9 Å². The molecule has 51 heavy (non-hydrogen) atoms. The lowest BCUT2D eigenvalue weighted by atomic mass is 9.54. The van der Waals surface area contributed by atoms with E-state index in [1.54, 1.807) is 11.8 Å². The zero-order valence-corrected chi connectivity index (χ0v) is 32.0. The summed E-state index contributed by atoms with van der Waals surface area (Å²) in [5.74, 6) is 1.75. The second-order valence-electron chi connectivity index (χ2n) is 15.6. The minimum atomic E-state index is -0.845. The van der Waals surface area contributed by atoms with E-state index < -0.39 is 35.8 Å². The third kappa shape index (κ3) is 11.7. The Morgan fingerprint density at radius 3 is 1.94 bits per heavy atom. The fraction of sp³-hybridized carbons (Fsp3) is 0.590. The van der Waals surface area contributed by atoms with Gasteiger partial charge in [-0.25, -0.2) is 0 Å². The molecule has 282 valence electrons. The van der Waals surface area contributed by atoms with Crippen LogP contribution in [0.5, 0.6) is 0 Å². The Bertz CT molecular complexity index is 1430. The van der Waals surface area contributed by atoms with Gasteiger partial charge in [-0.1, -0.05) is 75.4 Å². The lowest BCUT2D eigenvalue weighted by Gasteiger charge is -2.54. The second kappa shape index (κ2) is 19.1. The molecule has 2 aromatic rings. The first kappa shape index (κ1) is 42.3. The number of hydrogen-bond acceptors (Lipinski definition) is 6. The molecule has 0 spiro atoms. The minimum absolute atomic E-state index is 0. The van der Waals surface area contributed by atoms with Gasteiger partial charge in [0.15, 0.2) is 0 Å². The van der Waals surface area contributed by atoms with Crippen molar-refractivity contribution >= 4 is 47.8 Å². The molecule has 4 aliphatic rings. The van der Waals surface area contributed by atoms with Gasteiger partial charge >= 0.3 is 0 Å². The van der Waals surface area contributed by atoms with Crippen molar-refractivity contribution < 1.29 is 24.7 Å². The Morgan fingerprint density at radius 2 is 1.37 bits per heavy atom. The van der Waals surface area contributed by atoms with E-state index in [9.17, 15) is 19.2 Å². The summed E-state index contributed by atoms with van der Waals surface area (Å²) in [6.45, 7) is 6.13. The van der Waals surface area contributed by atoms with E-state index in [4.69, 9.17) is 5.73 Å². The van der Waals surface area contributed by atoms with Gasteiger partial charge in [0.25, 0.3) is 0 Å². The molecule has 4 fully saturated rings. The van der Waals surface area contributed by atoms with E-state index >= 15 is 0 Å². The third-order valence-corrected chi connectivity index (χ3v) is 11.4. The first-order valence-electron chi connectivity index (χ1n) is 17.9. The van der Waals surface area contributed by atoms with E-state index in [-0.39, 0.29) is 41.8 Å². The Labute approximate surface area is 313 Å². The Hall–Kier alpha value is -3.12. The summed E-state index contributed by atoms with van der Waals surface area (Å²) in [5, 5.41) is 11.7. The van der Waals surface area contributed by atoms with Crippen LogP contribution in [0.3, 0.4) is 0 Å². The lowest BCUT2D eigenvalue weighted by Crippen LogP contribution is -2.60. The molecule has 10 nitrogen and oxygen atoms in total. The molecule has 0 saturated heterocycles. The van der Waals surface area contributed by atoms with E-state index in [1.807, 2.05) is 48.7 Å². The average Bonchev–Trinajstić information content (AvgIpc) is 3.06. The molecule has 0 unspecified atom stereocenters. The van der Waals surface area contributed by atoms with Crippen molar-refractivity contribution in [3.8, 4) is 0 Å². The topological polar surface area (TPSA) is 174 Å². The quantitative estimate of drug-likeness (QED) is 0.187. The van der Waals surface area contributed by atoms with Crippen LogP contribution in [0.4, 0.5) is 0 Å². The molecule has 0 heterocycles. The third-order valence-electron chi connectivity index (χ3n) is 10.7. The van der Waals surface area contributed by atoms with Crippen LogP contribution >= 0.6 is 24.2 Å². The number of thioether (sulfide) groups is 1. The highest BCUT2D eigenvalue weighted by Crippen LogP contribution is 2.53. The SMILES string of the molecule is CSCC[C@@H](NC(=O)[C@@H](N)Cc1ccc(C(C)(C)C)cc1)C(=O)NCC(=O)N[C@@H](Cc1ccccc1)C(=O)NC1C2CC3CC(C2)CC1C3.Cl.O. The predicted octanol–water partition coefficient (Wildman–Crippen LogP) is 3.47. The van der Waals surface area contributed by atoms with E-state index in [2.05, 4.69) is 54.2 Å². The molecule has 2 aromatic carbocycles. The maximum atomic E-state index is 13.7. The van der Waals surface area contributed by atoms with Crippen LogP contribution < -0.4 is 27.0 Å². The second-order valence-corrected chi connectivity index (χ2v) is 16.6. The van der Waals surface area contributed by atoms with Crippen LogP contribution in [0.15, 0.2) is 54.6 Å². The first-order valence-corrected chi connectivity index (χ1v) is 19.3. The molecule has 4 amide bonds. The largest absolute Gasteiger partial charge is 0.412 e. The van der Waals surface area contributed by atoms with Gasteiger partial charge < -0.3 is 32.5 Å². The molecule has 3 atom stereocenters. The highest BCUT2D eigenvalue weighted by atomic mass is 35.5. The van der Waals surface area contributed by atoms with Crippen LogP contribution in [-0.2, 0) is 37.4 Å². The molecule has 8 N–H and O–H groups in total. The molecule has 0 aliphatic heterocycles. The molecule has 4 aliphatic carbocycles. The molecule has 12 heteroatoms. The van der Waals surface area contributed by atoms with Crippen molar-refractivity contribution in [2.24, 2.45) is 29.4 Å². The highest BCUT2D eigenvalue weighted by molar-refractivity contribution is 7.98. The normalized spacial score (nSPS) is 23.4. The number of carbonyl (C=O) groups is 4. The monoisotopic (exact) mass is 743 g/mol. The van der Waals surface area contributed by atoms with E-state index in [1.165, 1.54) is 37.7 Å². The summed E-state index contributed by atoms with van der Waals surface area (Å²) < 4.78 is 0. The van der Waals surface area contributed by atoms with Gasteiger partial charge in [-0.3, -0.25) is 19.2 Å². The summed E-state index contributed by atoms with van der Waals surface area (Å²) in [4.78, 5) is 53.3. The number of benzene rings is 2. The smallest absolute Gasteiger partial charge is 0.243 e. The number of hydrogen-bond donors (Lipinski definition) is 5. The summed E-state index contributed by atoms with van der Waals surface area (Å²) in [6.07, 6.45) is 9.08. The molecular weight excluding hydrogens is 686 g/mol. The molecular formula is C39H58ClN5O5S. The van der Waals surface area contributed by atoms with E-state index in [0.717, 1.165) is 23.0 Å². The zero-order chi connectivity index (χ0) is 35.1. The van der Waals surface area contributed by atoms with Crippen molar-refractivity contribution in [1.29, 1.82) is 0 Å². The Kier molecular flexibility index (Phi) is 15.8. The number of nitrogens with one attached hydrogen (secondary N) is 4. The molecule has 4 bridgehead atoms. The first-order chi connectivity index (χ1) is 23.4. The molecule has 0 aromatic heterocycles. The van der Waals surface area contributed by atoms with Crippen LogP contribution in [0.1, 0.15) is 76.0 Å². The summed E-state index contributed by atoms with van der Waals surface area (Å²) in [5.41, 5.74) is 9.38. The van der Waals surface area contributed by atoms with Crippen molar-refractivity contribution in [2.45, 2.75) is 102 Å². The van der Waals surface area contributed by atoms with Gasteiger partial charge in [0.2, 0.25) is 23.6 Å². The predicted molar refractivity (Wildman–Crippen MR) is 207 cm³/mol. The lowest BCUT2D eigenvalue weighted by molar-refractivity contribution is -0.132. The van der Waals surface area contributed by atoms with Crippen molar-refractivity contribution in [1.82, 2.24) is 21.3 Å². The van der Waals surface area contributed by atoms with Crippen LogP contribution in [0.25, 0.3) is 0 Å². The highest BCUT2D eigenvalue weighted by Gasteiger charge is 2.49. The maximum Gasteiger partial charge on any atom is 0.243 e. The van der Waals surface area contributed by atoms with Gasteiger partial charge in [-0.2, -0.15) is 11.8 Å². The maximum absolute atomic E-state index is 13.7. The van der Waals surface area contributed by atoms with Gasteiger partial charge in [-0.15, -0.1) is 12.4 Å². The average molecular weight is 744 g/mol. The van der Waals surface area contributed by atoms with Gasteiger partial charge in [0, 0.05) is 12.5 Å².